The molecule has 2 N–H and O–H groups in total. The molecule has 0 atom stereocenters. The maximum atomic E-state index is 9.25. The summed E-state index contributed by atoms with van der Waals surface area (Å²) in [4.78, 5) is 0. The lowest BCUT2D eigenvalue weighted by molar-refractivity contribution is 0.207. The van der Waals surface area contributed by atoms with Gasteiger partial charge in [0.2, 0.25) is 0 Å². The Morgan fingerprint density at radius 3 is 2.89 bits per heavy atom. The molecule has 1 aliphatic rings. The molecule has 0 amide bonds. The molecule has 1 aromatic heterocycles. The summed E-state index contributed by atoms with van der Waals surface area (Å²) < 4.78 is 11.0. The Bertz CT molecular complexity index is 572. The number of hydrogen-bond donors (Lipinski definition) is 2. The van der Waals surface area contributed by atoms with Crippen LogP contribution in [0.15, 0.2) is 28.7 Å². The molecule has 1 saturated carbocycles. The zero-order chi connectivity index (χ0) is 13.3. The Hall–Kier alpha value is -1.52. The van der Waals surface area contributed by atoms with Gasteiger partial charge in [0.05, 0.1) is 13.7 Å². The first-order valence-corrected chi connectivity index (χ1v) is 6.63. The molecule has 0 aliphatic heterocycles. The van der Waals surface area contributed by atoms with Crippen molar-refractivity contribution in [3.8, 4) is 5.75 Å². The van der Waals surface area contributed by atoms with E-state index >= 15 is 0 Å². The Balaban J connectivity index is 1.64. The van der Waals surface area contributed by atoms with E-state index in [0.717, 1.165) is 41.9 Å². The molecule has 4 heteroatoms. The average Bonchev–Trinajstić information content (AvgIpc) is 3.10. The molecule has 1 aromatic carbocycles. The van der Waals surface area contributed by atoms with Gasteiger partial charge in [-0.15, -0.1) is 0 Å². The fraction of sp³-hybridized carbons (Fsp3) is 0.467. The van der Waals surface area contributed by atoms with Gasteiger partial charge in [0, 0.05) is 24.0 Å². The second kappa shape index (κ2) is 4.87. The molecule has 1 fully saturated rings. The number of furan rings is 1. The topological polar surface area (TPSA) is 54.6 Å². The highest BCUT2D eigenvalue weighted by Gasteiger charge is 2.41. The summed E-state index contributed by atoms with van der Waals surface area (Å²) in [6.45, 7) is 1.82. The van der Waals surface area contributed by atoms with Crippen LogP contribution in [0.25, 0.3) is 11.0 Å². The highest BCUT2D eigenvalue weighted by molar-refractivity contribution is 5.79. The first kappa shape index (κ1) is 12.5. The highest BCUT2D eigenvalue weighted by atomic mass is 16.5. The fourth-order valence-corrected chi connectivity index (χ4v) is 2.31. The largest absolute Gasteiger partial charge is 0.497 e. The fourth-order valence-electron chi connectivity index (χ4n) is 2.31. The molecular formula is C15H19NO3. The van der Waals surface area contributed by atoms with Gasteiger partial charge in [0.1, 0.15) is 17.1 Å². The monoisotopic (exact) mass is 261 g/mol. The third-order valence-electron chi connectivity index (χ3n) is 3.87. The summed E-state index contributed by atoms with van der Waals surface area (Å²) in [5.41, 5.74) is 1.01. The van der Waals surface area contributed by atoms with Gasteiger partial charge in [-0.1, -0.05) is 0 Å². The van der Waals surface area contributed by atoms with E-state index in [4.69, 9.17) is 9.15 Å². The van der Waals surface area contributed by atoms with Crippen LogP contribution in [0, 0.1) is 5.41 Å². The first-order chi connectivity index (χ1) is 9.24. The third-order valence-corrected chi connectivity index (χ3v) is 3.87. The third kappa shape index (κ3) is 2.60. The van der Waals surface area contributed by atoms with Crippen molar-refractivity contribution < 1.29 is 14.3 Å². The average molecular weight is 261 g/mol. The number of fused-ring (bicyclic) bond motifs is 1. The van der Waals surface area contributed by atoms with Crippen molar-refractivity contribution in [2.75, 3.05) is 20.3 Å². The molecule has 4 nitrogen and oxygen atoms in total. The minimum absolute atomic E-state index is 0.134. The van der Waals surface area contributed by atoms with Gasteiger partial charge in [-0.25, -0.2) is 0 Å². The zero-order valence-electron chi connectivity index (χ0n) is 11.1. The van der Waals surface area contributed by atoms with Crippen LogP contribution in [-0.2, 0) is 6.54 Å². The number of nitrogens with one attached hydrogen (secondary N) is 1. The number of hydrogen-bond acceptors (Lipinski definition) is 4. The maximum absolute atomic E-state index is 9.25. The van der Waals surface area contributed by atoms with Gasteiger partial charge in [0.15, 0.2) is 0 Å². The van der Waals surface area contributed by atoms with Crippen LogP contribution in [0.2, 0.25) is 0 Å². The van der Waals surface area contributed by atoms with Gasteiger partial charge >= 0.3 is 0 Å². The number of aliphatic hydroxyl groups excluding tert-OH is 1. The van der Waals surface area contributed by atoms with Crippen molar-refractivity contribution in [2.45, 2.75) is 19.4 Å². The van der Waals surface area contributed by atoms with Crippen LogP contribution in [0.4, 0.5) is 0 Å². The standard InChI is InChI=1S/C15H19NO3/c1-18-12-2-3-14-11(6-12)7-13(19-14)8-16-9-15(10-17)4-5-15/h2-3,6-7,16-17H,4-5,8-10H2,1H3. The molecule has 102 valence electrons. The number of benzene rings is 1. The Labute approximate surface area is 112 Å². The van der Waals surface area contributed by atoms with Crippen LogP contribution >= 0.6 is 0 Å². The molecule has 1 heterocycles. The van der Waals surface area contributed by atoms with Gasteiger partial charge in [-0.2, -0.15) is 0 Å². The Morgan fingerprint density at radius 1 is 1.37 bits per heavy atom. The number of ether oxygens (including phenoxy) is 1. The molecule has 0 saturated heterocycles. The normalized spacial score (nSPS) is 16.7. The summed E-state index contributed by atoms with van der Waals surface area (Å²) in [5, 5.41) is 13.7. The van der Waals surface area contributed by atoms with E-state index in [1.807, 2.05) is 24.3 Å². The maximum Gasteiger partial charge on any atom is 0.134 e. The van der Waals surface area contributed by atoms with Crippen LogP contribution in [0.1, 0.15) is 18.6 Å². The lowest BCUT2D eigenvalue weighted by Gasteiger charge is -2.11. The second-order valence-corrected chi connectivity index (χ2v) is 5.38. The van der Waals surface area contributed by atoms with E-state index < -0.39 is 0 Å². The lowest BCUT2D eigenvalue weighted by Crippen LogP contribution is -2.25. The molecule has 3 rings (SSSR count). The lowest BCUT2D eigenvalue weighted by atomic mass is 10.1. The molecule has 0 unspecified atom stereocenters. The molecule has 1 aliphatic carbocycles. The van der Waals surface area contributed by atoms with E-state index in [1.165, 1.54) is 0 Å². The predicted molar refractivity (Wildman–Crippen MR) is 73.2 cm³/mol. The highest BCUT2D eigenvalue weighted by Crippen LogP contribution is 2.44. The SMILES string of the molecule is COc1ccc2oc(CNCC3(CO)CC3)cc2c1. The summed E-state index contributed by atoms with van der Waals surface area (Å²) in [6, 6.07) is 7.82. The van der Waals surface area contributed by atoms with Crippen molar-refractivity contribution in [2.24, 2.45) is 5.41 Å². The minimum atomic E-state index is 0.134. The molecule has 2 aromatic rings. The number of methoxy groups -OCH3 is 1. The smallest absolute Gasteiger partial charge is 0.134 e. The van der Waals surface area contributed by atoms with Crippen molar-refractivity contribution in [1.82, 2.24) is 5.32 Å². The van der Waals surface area contributed by atoms with E-state index in [0.29, 0.717) is 6.54 Å². The summed E-state index contributed by atoms with van der Waals surface area (Å²) in [7, 11) is 1.66. The Kier molecular flexibility index (Phi) is 3.21. The quantitative estimate of drug-likeness (QED) is 0.837. The number of rotatable bonds is 6. The van der Waals surface area contributed by atoms with Crippen LogP contribution in [0.3, 0.4) is 0 Å². The molecule has 19 heavy (non-hydrogen) atoms. The van der Waals surface area contributed by atoms with Crippen LogP contribution in [-0.4, -0.2) is 25.4 Å². The van der Waals surface area contributed by atoms with E-state index in [-0.39, 0.29) is 12.0 Å². The van der Waals surface area contributed by atoms with Gasteiger partial charge in [-0.05, 0) is 37.1 Å². The first-order valence-electron chi connectivity index (χ1n) is 6.63. The van der Waals surface area contributed by atoms with Crippen molar-refractivity contribution in [3.63, 3.8) is 0 Å². The van der Waals surface area contributed by atoms with Crippen molar-refractivity contribution in [1.29, 1.82) is 0 Å². The molecule has 0 bridgehead atoms. The van der Waals surface area contributed by atoms with Gasteiger partial charge < -0.3 is 19.6 Å². The van der Waals surface area contributed by atoms with E-state index in [9.17, 15) is 5.11 Å². The van der Waals surface area contributed by atoms with E-state index in [2.05, 4.69) is 5.32 Å². The van der Waals surface area contributed by atoms with Crippen molar-refractivity contribution >= 4 is 11.0 Å². The van der Waals surface area contributed by atoms with Gasteiger partial charge in [-0.3, -0.25) is 0 Å². The van der Waals surface area contributed by atoms with E-state index in [1.54, 1.807) is 7.11 Å². The summed E-state index contributed by atoms with van der Waals surface area (Å²) in [5.74, 6) is 1.75. The molecule has 0 radical (unpaired) electrons. The zero-order valence-corrected chi connectivity index (χ0v) is 11.1. The minimum Gasteiger partial charge on any atom is -0.497 e. The van der Waals surface area contributed by atoms with Gasteiger partial charge in [0.25, 0.3) is 0 Å². The predicted octanol–water partition coefficient (Wildman–Crippen LogP) is 2.30. The van der Waals surface area contributed by atoms with Crippen LogP contribution in [0.5, 0.6) is 5.75 Å². The Morgan fingerprint density at radius 2 is 2.21 bits per heavy atom. The molecular weight excluding hydrogens is 242 g/mol. The summed E-state index contributed by atoms with van der Waals surface area (Å²) >= 11 is 0. The number of aliphatic hydroxyl groups is 1. The summed E-state index contributed by atoms with van der Waals surface area (Å²) in [6.07, 6.45) is 2.24. The second-order valence-electron chi connectivity index (χ2n) is 5.38. The van der Waals surface area contributed by atoms with Crippen LogP contribution < -0.4 is 10.1 Å². The molecule has 0 spiro atoms. The van der Waals surface area contributed by atoms with Crippen molar-refractivity contribution in [3.05, 3.63) is 30.0 Å².